The number of phenols is 1. The summed E-state index contributed by atoms with van der Waals surface area (Å²) < 4.78 is 0. The monoisotopic (exact) mass is 271 g/mol. The summed E-state index contributed by atoms with van der Waals surface area (Å²) in [5, 5.41) is 13.5. The highest BCUT2D eigenvalue weighted by Gasteiger charge is 2.06. The molecule has 2 rings (SSSR count). The molecule has 0 fully saturated rings. The van der Waals surface area contributed by atoms with E-state index in [2.05, 4.69) is 11.2 Å². The van der Waals surface area contributed by atoms with Crippen LogP contribution >= 0.6 is 11.6 Å². The maximum absolute atomic E-state index is 9.90. The van der Waals surface area contributed by atoms with Gasteiger partial charge in [-0.1, -0.05) is 29.7 Å². The summed E-state index contributed by atoms with van der Waals surface area (Å²) in [5.74, 6) is 2.70. The number of hydrogen-bond donors (Lipinski definition) is 2. The van der Waals surface area contributed by atoms with Crippen molar-refractivity contribution in [1.29, 1.82) is 0 Å². The van der Waals surface area contributed by atoms with Gasteiger partial charge in [-0.25, -0.2) is 0 Å². The number of rotatable bonds is 3. The molecule has 19 heavy (non-hydrogen) atoms. The minimum Gasteiger partial charge on any atom is -0.506 e. The molecule has 2 N–H and O–H groups in total. The lowest BCUT2D eigenvalue weighted by molar-refractivity contribution is 0.469. The van der Waals surface area contributed by atoms with E-state index in [1.165, 1.54) is 0 Å². The summed E-state index contributed by atoms with van der Waals surface area (Å²) in [6.07, 6.45) is 5.35. The molecule has 0 radical (unpaired) electrons. The highest BCUT2D eigenvalue weighted by molar-refractivity contribution is 6.32. The van der Waals surface area contributed by atoms with Crippen molar-refractivity contribution in [2.45, 2.75) is 13.5 Å². The van der Waals surface area contributed by atoms with Crippen molar-refractivity contribution in [2.75, 3.05) is 5.32 Å². The Labute approximate surface area is 118 Å². The Morgan fingerprint density at radius 2 is 2.11 bits per heavy atom. The largest absolute Gasteiger partial charge is 0.506 e. The van der Waals surface area contributed by atoms with Gasteiger partial charge < -0.3 is 10.4 Å². The van der Waals surface area contributed by atoms with Crippen molar-refractivity contribution in [1.82, 2.24) is 0 Å². The number of terminal acetylenes is 1. The van der Waals surface area contributed by atoms with Gasteiger partial charge in [-0.3, -0.25) is 0 Å². The van der Waals surface area contributed by atoms with Crippen LogP contribution in [0.25, 0.3) is 0 Å². The number of anilines is 1. The van der Waals surface area contributed by atoms with Crippen LogP contribution in [-0.4, -0.2) is 5.11 Å². The van der Waals surface area contributed by atoms with Crippen molar-refractivity contribution in [2.24, 2.45) is 0 Å². The molecule has 2 nitrogen and oxygen atoms in total. The van der Waals surface area contributed by atoms with Crippen molar-refractivity contribution >= 4 is 17.3 Å². The van der Waals surface area contributed by atoms with Gasteiger partial charge >= 0.3 is 0 Å². The van der Waals surface area contributed by atoms with Gasteiger partial charge in [0.25, 0.3) is 0 Å². The summed E-state index contributed by atoms with van der Waals surface area (Å²) in [6.45, 7) is 2.43. The Bertz CT molecular complexity index is 644. The zero-order valence-electron chi connectivity index (χ0n) is 10.6. The molecule has 0 unspecified atom stereocenters. The molecule has 0 spiro atoms. The molecule has 0 heterocycles. The molecule has 0 bridgehead atoms. The fourth-order valence-corrected chi connectivity index (χ4v) is 2.15. The number of halogens is 1. The number of hydrogen-bond acceptors (Lipinski definition) is 2. The second-order valence-electron chi connectivity index (χ2n) is 4.33. The van der Waals surface area contributed by atoms with Crippen LogP contribution in [0.4, 0.5) is 5.69 Å². The van der Waals surface area contributed by atoms with Crippen LogP contribution in [0, 0.1) is 19.3 Å². The summed E-state index contributed by atoms with van der Waals surface area (Å²) in [6, 6.07) is 11.2. The number of phenolic OH excluding ortho intramolecular Hbond substituents is 1. The van der Waals surface area contributed by atoms with Gasteiger partial charge in [0.05, 0.1) is 5.02 Å². The van der Waals surface area contributed by atoms with E-state index in [1.807, 2.05) is 37.3 Å². The number of aromatic hydroxyl groups is 1. The van der Waals surface area contributed by atoms with E-state index in [1.54, 1.807) is 6.07 Å². The second-order valence-corrected chi connectivity index (χ2v) is 4.74. The van der Waals surface area contributed by atoms with E-state index in [9.17, 15) is 5.11 Å². The molecular weight excluding hydrogens is 258 g/mol. The fourth-order valence-electron chi connectivity index (χ4n) is 1.86. The highest BCUT2D eigenvalue weighted by Crippen LogP contribution is 2.29. The first-order chi connectivity index (χ1) is 9.10. The smallest absolute Gasteiger partial charge is 0.139 e. The second kappa shape index (κ2) is 5.69. The van der Waals surface area contributed by atoms with Gasteiger partial charge in [0.15, 0.2) is 0 Å². The van der Waals surface area contributed by atoms with Gasteiger partial charge in [-0.2, -0.15) is 0 Å². The molecule has 0 amide bonds. The molecule has 0 aliphatic rings. The van der Waals surface area contributed by atoms with E-state index >= 15 is 0 Å². The first kappa shape index (κ1) is 13.3. The van der Waals surface area contributed by atoms with E-state index in [0.717, 1.165) is 22.4 Å². The summed E-state index contributed by atoms with van der Waals surface area (Å²) in [4.78, 5) is 0. The predicted octanol–water partition coefficient (Wildman–Crippen LogP) is 3.95. The summed E-state index contributed by atoms with van der Waals surface area (Å²) in [5.41, 5.74) is 3.50. The number of benzene rings is 2. The molecule has 0 aromatic heterocycles. The third kappa shape index (κ3) is 3.21. The van der Waals surface area contributed by atoms with E-state index < -0.39 is 0 Å². The zero-order valence-corrected chi connectivity index (χ0v) is 11.3. The molecule has 0 atom stereocenters. The van der Waals surface area contributed by atoms with Crippen molar-refractivity contribution < 1.29 is 5.11 Å². The third-order valence-corrected chi connectivity index (χ3v) is 3.09. The van der Waals surface area contributed by atoms with Crippen molar-refractivity contribution in [3.8, 4) is 18.1 Å². The molecule has 0 aliphatic heterocycles. The lowest BCUT2D eigenvalue weighted by Crippen LogP contribution is -2.00. The first-order valence-corrected chi connectivity index (χ1v) is 6.26. The highest BCUT2D eigenvalue weighted by atomic mass is 35.5. The van der Waals surface area contributed by atoms with Gasteiger partial charge in [0.1, 0.15) is 5.75 Å². The number of nitrogens with one attached hydrogen (secondary N) is 1. The third-order valence-electron chi connectivity index (χ3n) is 2.80. The van der Waals surface area contributed by atoms with Gasteiger partial charge in [-0.05, 0) is 36.8 Å². The molecular formula is C16H14ClNO. The van der Waals surface area contributed by atoms with E-state index in [4.69, 9.17) is 18.0 Å². The van der Waals surface area contributed by atoms with Crippen LogP contribution in [0.1, 0.15) is 16.7 Å². The Balaban J connectivity index is 2.17. The summed E-state index contributed by atoms with van der Waals surface area (Å²) >= 11 is 5.94. The quantitative estimate of drug-likeness (QED) is 0.829. The Kier molecular flexibility index (Phi) is 3.99. The molecule has 0 saturated carbocycles. The van der Waals surface area contributed by atoms with Gasteiger partial charge in [-0.15, -0.1) is 6.42 Å². The molecule has 0 aliphatic carbocycles. The number of aryl methyl sites for hydroxylation is 1. The Morgan fingerprint density at radius 1 is 1.32 bits per heavy atom. The lowest BCUT2D eigenvalue weighted by Gasteiger charge is -2.10. The van der Waals surface area contributed by atoms with Crippen molar-refractivity contribution in [3.63, 3.8) is 0 Å². The van der Waals surface area contributed by atoms with Crippen LogP contribution in [0.2, 0.25) is 5.02 Å². The SMILES string of the molecule is C#Cc1cccc(NCc2cc(C)cc(Cl)c2O)c1. The van der Waals surface area contributed by atoms with Crippen molar-refractivity contribution in [3.05, 3.63) is 58.1 Å². The molecule has 2 aromatic carbocycles. The van der Waals surface area contributed by atoms with Crippen LogP contribution in [0.5, 0.6) is 5.75 Å². The Morgan fingerprint density at radius 3 is 2.84 bits per heavy atom. The topological polar surface area (TPSA) is 32.3 Å². The standard InChI is InChI=1S/C16H14ClNO/c1-3-12-5-4-6-14(9-12)18-10-13-7-11(2)8-15(17)16(13)19/h1,4-9,18-19H,10H2,2H3. The van der Waals surface area contributed by atoms with Crippen LogP contribution < -0.4 is 5.32 Å². The maximum Gasteiger partial charge on any atom is 0.139 e. The molecule has 96 valence electrons. The van der Waals surface area contributed by atoms with E-state index in [-0.39, 0.29) is 5.75 Å². The van der Waals surface area contributed by atoms with Gasteiger partial charge in [0.2, 0.25) is 0 Å². The van der Waals surface area contributed by atoms with Crippen LogP contribution in [0.3, 0.4) is 0 Å². The minimum absolute atomic E-state index is 0.118. The average Bonchev–Trinajstić information content (AvgIpc) is 2.41. The zero-order chi connectivity index (χ0) is 13.8. The Hall–Kier alpha value is -2.11. The first-order valence-electron chi connectivity index (χ1n) is 5.88. The van der Waals surface area contributed by atoms with Crippen LogP contribution in [-0.2, 0) is 6.54 Å². The normalized spacial score (nSPS) is 9.95. The predicted molar refractivity (Wildman–Crippen MR) is 79.6 cm³/mol. The summed E-state index contributed by atoms with van der Waals surface area (Å²) in [7, 11) is 0. The molecule has 2 aromatic rings. The van der Waals surface area contributed by atoms with Crippen LogP contribution in [0.15, 0.2) is 36.4 Å². The molecule has 0 saturated heterocycles. The van der Waals surface area contributed by atoms with E-state index in [0.29, 0.717) is 11.6 Å². The maximum atomic E-state index is 9.90. The lowest BCUT2D eigenvalue weighted by atomic mass is 10.1. The fraction of sp³-hybridized carbons (Fsp3) is 0.125. The minimum atomic E-state index is 0.118. The van der Waals surface area contributed by atoms with Gasteiger partial charge in [0, 0.05) is 23.4 Å². The molecule has 3 heteroatoms. The average molecular weight is 272 g/mol.